The van der Waals surface area contributed by atoms with Crippen molar-refractivity contribution < 1.29 is 26.3 Å². The van der Waals surface area contributed by atoms with Gasteiger partial charge in [-0.05, 0) is 24.1 Å². The third-order valence-electron chi connectivity index (χ3n) is 2.31. The molecule has 0 unspecified atom stereocenters. The van der Waals surface area contributed by atoms with Gasteiger partial charge >= 0.3 is 12.1 Å². The molecule has 1 aromatic carbocycles. The van der Waals surface area contributed by atoms with Crippen LogP contribution in [0.2, 0.25) is 0 Å². The molecule has 1 atom stereocenters. The van der Waals surface area contributed by atoms with E-state index in [4.69, 9.17) is 5.73 Å². The number of nitrogens with two attached hydrogens (primary N) is 1. The van der Waals surface area contributed by atoms with Crippen LogP contribution in [0.5, 0.6) is 0 Å². The topological polar surface area (TPSA) is 26.0 Å². The Morgan fingerprint density at radius 1 is 1.12 bits per heavy atom. The van der Waals surface area contributed by atoms with E-state index in [1.54, 1.807) is 0 Å². The molecule has 17 heavy (non-hydrogen) atoms. The van der Waals surface area contributed by atoms with Crippen LogP contribution in [-0.4, -0.2) is 12.1 Å². The fourth-order valence-corrected chi connectivity index (χ4v) is 1.25. The largest absolute Gasteiger partial charge is 0.455 e. The first kappa shape index (κ1) is 13.8. The molecule has 1 nitrogen and oxygen atoms in total. The SMILES string of the molecule is Cc1cc([C@@H](N)C(F)(F)C(F)(F)F)ccc1F. The van der Waals surface area contributed by atoms with Crippen LogP contribution in [0, 0.1) is 12.7 Å². The third-order valence-corrected chi connectivity index (χ3v) is 2.31. The fourth-order valence-electron chi connectivity index (χ4n) is 1.25. The Labute approximate surface area is 93.2 Å². The molecular formula is C10H9F6N. The third kappa shape index (κ3) is 2.54. The van der Waals surface area contributed by atoms with E-state index in [2.05, 4.69) is 0 Å². The molecular weight excluding hydrogens is 248 g/mol. The lowest BCUT2D eigenvalue weighted by molar-refractivity contribution is -0.291. The fraction of sp³-hybridized carbons (Fsp3) is 0.400. The van der Waals surface area contributed by atoms with E-state index in [0.717, 1.165) is 18.2 Å². The predicted octanol–water partition coefficient (Wildman–Crippen LogP) is 3.33. The van der Waals surface area contributed by atoms with Crippen LogP contribution in [0.15, 0.2) is 18.2 Å². The van der Waals surface area contributed by atoms with Crippen LogP contribution in [0.25, 0.3) is 0 Å². The predicted molar refractivity (Wildman–Crippen MR) is 49.1 cm³/mol. The van der Waals surface area contributed by atoms with Crippen molar-refractivity contribution in [2.75, 3.05) is 0 Å². The van der Waals surface area contributed by atoms with E-state index >= 15 is 0 Å². The number of benzene rings is 1. The van der Waals surface area contributed by atoms with Gasteiger partial charge in [-0.3, -0.25) is 0 Å². The summed E-state index contributed by atoms with van der Waals surface area (Å²) in [7, 11) is 0. The van der Waals surface area contributed by atoms with Crippen molar-refractivity contribution in [1.82, 2.24) is 0 Å². The van der Waals surface area contributed by atoms with E-state index in [1.165, 1.54) is 6.92 Å². The van der Waals surface area contributed by atoms with Crippen LogP contribution in [0.4, 0.5) is 26.3 Å². The van der Waals surface area contributed by atoms with E-state index in [9.17, 15) is 26.3 Å². The van der Waals surface area contributed by atoms with Crippen molar-refractivity contribution in [3.63, 3.8) is 0 Å². The highest BCUT2D eigenvalue weighted by atomic mass is 19.4. The quantitative estimate of drug-likeness (QED) is 0.808. The standard InChI is InChI=1S/C10H9F6N/c1-5-4-6(2-3-7(5)11)8(17)9(12,13)10(14,15)16/h2-4,8H,17H2,1H3/t8-/m1/s1. The van der Waals surface area contributed by atoms with Gasteiger partial charge in [0.15, 0.2) is 0 Å². The first-order chi connectivity index (χ1) is 7.57. The summed E-state index contributed by atoms with van der Waals surface area (Å²) < 4.78 is 74.8. The zero-order chi connectivity index (χ0) is 13.4. The maximum absolute atomic E-state index is 12.9. The second kappa shape index (κ2) is 4.21. The minimum absolute atomic E-state index is 0.0454. The average molecular weight is 257 g/mol. The maximum Gasteiger partial charge on any atom is 0.455 e. The Morgan fingerprint density at radius 3 is 2.06 bits per heavy atom. The molecule has 96 valence electrons. The highest BCUT2D eigenvalue weighted by molar-refractivity contribution is 5.28. The Balaban J connectivity index is 3.12. The number of aryl methyl sites for hydroxylation is 1. The molecule has 0 amide bonds. The van der Waals surface area contributed by atoms with Gasteiger partial charge in [-0.2, -0.15) is 22.0 Å². The van der Waals surface area contributed by atoms with E-state index in [0.29, 0.717) is 0 Å². The van der Waals surface area contributed by atoms with Gasteiger partial charge in [0, 0.05) is 0 Å². The molecule has 0 aliphatic carbocycles. The Morgan fingerprint density at radius 2 is 1.65 bits per heavy atom. The Hall–Kier alpha value is -1.24. The van der Waals surface area contributed by atoms with Gasteiger partial charge in [-0.25, -0.2) is 4.39 Å². The van der Waals surface area contributed by atoms with E-state index < -0.39 is 29.5 Å². The first-order valence-corrected chi connectivity index (χ1v) is 4.53. The highest BCUT2D eigenvalue weighted by Crippen LogP contribution is 2.43. The molecule has 7 heteroatoms. The molecule has 0 radical (unpaired) electrons. The number of hydrogen-bond acceptors (Lipinski definition) is 1. The molecule has 0 aliphatic rings. The number of halogens is 6. The molecule has 0 heterocycles. The molecule has 0 spiro atoms. The van der Waals surface area contributed by atoms with E-state index in [-0.39, 0.29) is 5.56 Å². The summed E-state index contributed by atoms with van der Waals surface area (Å²) in [4.78, 5) is 0. The molecule has 0 saturated carbocycles. The smallest absolute Gasteiger partial charge is 0.319 e. The van der Waals surface area contributed by atoms with Crippen LogP contribution in [-0.2, 0) is 0 Å². The molecule has 0 bridgehead atoms. The molecule has 1 aromatic rings. The maximum atomic E-state index is 12.9. The van der Waals surface area contributed by atoms with Gasteiger partial charge in [0.05, 0.1) is 0 Å². The van der Waals surface area contributed by atoms with Gasteiger partial charge in [0.1, 0.15) is 11.9 Å². The highest BCUT2D eigenvalue weighted by Gasteiger charge is 2.61. The minimum Gasteiger partial charge on any atom is -0.319 e. The summed E-state index contributed by atoms with van der Waals surface area (Å²) in [6.07, 6.45) is -5.74. The van der Waals surface area contributed by atoms with Crippen LogP contribution in [0.1, 0.15) is 17.2 Å². The second-order valence-corrected chi connectivity index (χ2v) is 3.61. The van der Waals surface area contributed by atoms with Crippen molar-refractivity contribution in [1.29, 1.82) is 0 Å². The minimum atomic E-state index is -5.74. The van der Waals surface area contributed by atoms with Crippen molar-refractivity contribution in [3.8, 4) is 0 Å². The van der Waals surface area contributed by atoms with Gasteiger partial charge in [0.2, 0.25) is 0 Å². The summed E-state index contributed by atoms with van der Waals surface area (Å²) in [6, 6.07) is -0.0645. The van der Waals surface area contributed by atoms with Crippen LogP contribution >= 0.6 is 0 Å². The molecule has 0 aliphatic heterocycles. The van der Waals surface area contributed by atoms with Gasteiger partial charge in [0.25, 0.3) is 0 Å². The molecule has 2 N–H and O–H groups in total. The van der Waals surface area contributed by atoms with Gasteiger partial charge in [-0.15, -0.1) is 0 Å². The van der Waals surface area contributed by atoms with Crippen molar-refractivity contribution >= 4 is 0 Å². The number of rotatable bonds is 2. The normalized spacial score (nSPS) is 14.8. The molecule has 1 rings (SSSR count). The molecule has 0 saturated heterocycles. The van der Waals surface area contributed by atoms with Crippen molar-refractivity contribution in [3.05, 3.63) is 35.1 Å². The molecule has 0 fully saturated rings. The molecule has 0 aromatic heterocycles. The van der Waals surface area contributed by atoms with Crippen LogP contribution < -0.4 is 5.73 Å². The lowest BCUT2D eigenvalue weighted by atomic mass is 9.99. The van der Waals surface area contributed by atoms with E-state index in [1.807, 2.05) is 0 Å². The summed E-state index contributed by atoms with van der Waals surface area (Å²) >= 11 is 0. The Kier molecular flexibility index (Phi) is 3.42. The lowest BCUT2D eigenvalue weighted by Crippen LogP contribution is -2.45. The summed E-state index contributed by atoms with van der Waals surface area (Å²) in [5, 5.41) is 0. The first-order valence-electron chi connectivity index (χ1n) is 4.53. The lowest BCUT2D eigenvalue weighted by Gasteiger charge is -2.26. The van der Waals surface area contributed by atoms with Gasteiger partial charge in [-0.1, -0.05) is 12.1 Å². The average Bonchev–Trinajstić information content (AvgIpc) is 2.19. The summed E-state index contributed by atoms with van der Waals surface area (Å²) in [5.41, 5.74) is 4.37. The van der Waals surface area contributed by atoms with Gasteiger partial charge < -0.3 is 5.73 Å². The second-order valence-electron chi connectivity index (χ2n) is 3.61. The van der Waals surface area contributed by atoms with Crippen LogP contribution in [0.3, 0.4) is 0 Å². The zero-order valence-corrected chi connectivity index (χ0v) is 8.65. The summed E-state index contributed by atoms with van der Waals surface area (Å²) in [6.45, 7) is 1.25. The zero-order valence-electron chi connectivity index (χ0n) is 8.65. The number of hydrogen-bond donors (Lipinski definition) is 1. The number of alkyl halides is 5. The van der Waals surface area contributed by atoms with Crippen molar-refractivity contribution in [2.24, 2.45) is 5.73 Å². The Bertz CT molecular complexity index is 412. The summed E-state index contributed by atoms with van der Waals surface area (Å²) in [5.74, 6) is -5.76. The monoisotopic (exact) mass is 257 g/mol. The van der Waals surface area contributed by atoms with Crippen molar-refractivity contribution in [2.45, 2.75) is 25.1 Å².